The van der Waals surface area contributed by atoms with Gasteiger partial charge in [0.1, 0.15) is 0 Å². The minimum absolute atomic E-state index is 0.00531. The van der Waals surface area contributed by atoms with Crippen molar-refractivity contribution >= 4 is 32.6 Å². The van der Waals surface area contributed by atoms with Crippen molar-refractivity contribution in [1.29, 1.82) is 0 Å². The molecule has 1 heterocycles. The monoisotopic (exact) mass is 583 g/mol. The molecule has 7 nitrogen and oxygen atoms in total. The van der Waals surface area contributed by atoms with Crippen LogP contribution < -0.4 is 0 Å². The number of likely N-dealkylation sites (tertiary alicyclic amines) is 1. The van der Waals surface area contributed by atoms with E-state index in [9.17, 15) is 18.0 Å². The fraction of sp³-hybridized carbons (Fsp3) is 0.294. The fourth-order valence-corrected chi connectivity index (χ4v) is 7.18. The lowest BCUT2D eigenvalue weighted by Crippen LogP contribution is -2.51. The molecule has 0 bridgehead atoms. The first-order valence-corrected chi connectivity index (χ1v) is 16.0. The Hall–Kier alpha value is -4.01. The van der Waals surface area contributed by atoms with E-state index in [0.29, 0.717) is 44.5 Å². The topological polar surface area (TPSA) is 78.0 Å². The maximum atomic E-state index is 13.9. The number of fused-ring (bicyclic) bond motifs is 1. The van der Waals surface area contributed by atoms with Gasteiger partial charge in [-0.15, -0.1) is 0 Å². The highest BCUT2D eigenvalue weighted by Crippen LogP contribution is 2.25. The summed E-state index contributed by atoms with van der Waals surface area (Å²) in [6.07, 6.45) is 1.83. The predicted octanol–water partition coefficient (Wildman–Crippen LogP) is 5.57. The Morgan fingerprint density at radius 1 is 0.810 bits per heavy atom. The van der Waals surface area contributed by atoms with E-state index in [-0.39, 0.29) is 35.8 Å². The standard InChI is InChI=1S/C34H37N3O4S/c1-2-22-36(42(40,41)30-16-7-4-8-17-30)26-33(38)37(25-27-12-5-3-6-13-27)29-20-23-35(24-21-29)34(39)32-19-11-15-28-14-9-10-18-31(28)32/h3-19,29H,2,20-26H2,1H3. The highest BCUT2D eigenvalue weighted by Gasteiger charge is 2.33. The molecule has 218 valence electrons. The minimum Gasteiger partial charge on any atom is -0.338 e. The van der Waals surface area contributed by atoms with E-state index in [2.05, 4.69) is 0 Å². The van der Waals surface area contributed by atoms with Crippen LogP contribution in [-0.2, 0) is 21.4 Å². The third-order valence-corrected chi connectivity index (χ3v) is 9.75. The van der Waals surface area contributed by atoms with E-state index < -0.39 is 10.0 Å². The summed E-state index contributed by atoms with van der Waals surface area (Å²) in [7, 11) is -3.83. The Bertz CT molecular complexity index is 1610. The second-order valence-electron chi connectivity index (χ2n) is 10.7. The van der Waals surface area contributed by atoms with Crippen LogP contribution in [0.25, 0.3) is 10.8 Å². The van der Waals surface area contributed by atoms with Gasteiger partial charge in [0, 0.05) is 37.8 Å². The zero-order chi connectivity index (χ0) is 29.5. The van der Waals surface area contributed by atoms with Gasteiger partial charge in [-0.05, 0) is 53.8 Å². The first-order chi connectivity index (χ1) is 20.4. The van der Waals surface area contributed by atoms with Crippen molar-refractivity contribution in [2.24, 2.45) is 0 Å². The Morgan fingerprint density at radius 2 is 1.43 bits per heavy atom. The molecule has 0 atom stereocenters. The summed E-state index contributed by atoms with van der Waals surface area (Å²) in [4.78, 5) is 31.3. The number of amides is 2. The van der Waals surface area contributed by atoms with E-state index in [0.717, 1.165) is 16.3 Å². The maximum absolute atomic E-state index is 13.9. The third-order valence-electron chi connectivity index (χ3n) is 7.89. The lowest BCUT2D eigenvalue weighted by Gasteiger charge is -2.39. The van der Waals surface area contributed by atoms with Crippen molar-refractivity contribution in [3.63, 3.8) is 0 Å². The molecular weight excluding hydrogens is 546 g/mol. The second kappa shape index (κ2) is 13.3. The van der Waals surface area contributed by atoms with Gasteiger partial charge in [0.05, 0.1) is 11.4 Å². The molecule has 0 radical (unpaired) electrons. The van der Waals surface area contributed by atoms with E-state index in [4.69, 9.17) is 0 Å². The number of rotatable bonds is 10. The molecule has 5 rings (SSSR count). The Labute approximate surface area is 248 Å². The van der Waals surface area contributed by atoms with Crippen LogP contribution in [0.4, 0.5) is 0 Å². The van der Waals surface area contributed by atoms with E-state index in [1.807, 2.05) is 89.5 Å². The van der Waals surface area contributed by atoms with Crippen LogP contribution in [0.1, 0.15) is 42.1 Å². The average Bonchev–Trinajstić information content (AvgIpc) is 3.03. The van der Waals surface area contributed by atoms with E-state index in [1.165, 1.54) is 4.31 Å². The summed E-state index contributed by atoms with van der Waals surface area (Å²) >= 11 is 0. The zero-order valence-corrected chi connectivity index (χ0v) is 24.7. The number of nitrogens with zero attached hydrogens (tertiary/aromatic N) is 3. The molecule has 0 N–H and O–H groups in total. The van der Waals surface area contributed by atoms with Gasteiger partial charge in [0.15, 0.2) is 0 Å². The third kappa shape index (κ3) is 6.55. The van der Waals surface area contributed by atoms with Crippen molar-refractivity contribution in [3.05, 3.63) is 114 Å². The number of piperidine rings is 1. The molecule has 2 amide bonds. The number of hydrogen-bond acceptors (Lipinski definition) is 4. The maximum Gasteiger partial charge on any atom is 0.254 e. The largest absolute Gasteiger partial charge is 0.338 e. The highest BCUT2D eigenvalue weighted by molar-refractivity contribution is 7.89. The Morgan fingerprint density at radius 3 is 2.12 bits per heavy atom. The van der Waals surface area contributed by atoms with Crippen molar-refractivity contribution < 1.29 is 18.0 Å². The first-order valence-electron chi connectivity index (χ1n) is 14.5. The van der Waals surface area contributed by atoms with Crippen LogP contribution >= 0.6 is 0 Å². The Kier molecular flexibility index (Phi) is 9.35. The van der Waals surface area contributed by atoms with Crippen molar-refractivity contribution in [2.45, 2.75) is 43.7 Å². The molecule has 1 saturated heterocycles. The average molecular weight is 584 g/mol. The van der Waals surface area contributed by atoms with Gasteiger partial charge in [-0.2, -0.15) is 4.31 Å². The number of carbonyl (C=O) groups is 2. The molecular formula is C34H37N3O4S. The molecule has 4 aromatic rings. The van der Waals surface area contributed by atoms with Gasteiger partial charge < -0.3 is 9.80 Å². The van der Waals surface area contributed by atoms with E-state index >= 15 is 0 Å². The summed E-state index contributed by atoms with van der Waals surface area (Å²) in [5.74, 6) is -0.236. The molecule has 0 aromatic heterocycles. The highest BCUT2D eigenvalue weighted by atomic mass is 32.2. The van der Waals surface area contributed by atoms with Crippen molar-refractivity contribution in [3.8, 4) is 0 Å². The van der Waals surface area contributed by atoms with Crippen LogP contribution in [0.3, 0.4) is 0 Å². The lowest BCUT2D eigenvalue weighted by atomic mass is 9.99. The molecule has 0 aliphatic carbocycles. The van der Waals surface area contributed by atoms with Crippen LogP contribution in [0, 0.1) is 0 Å². The van der Waals surface area contributed by atoms with Crippen LogP contribution in [-0.4, -0.2) is 66.6 Å². The molecule has 4 aromatic carbocycles. The molecule has 0 saturated carbocycles. The van der Waals surface area contributed by atoms with Crippen LogP contribution in [0.2, 0.25) is 0 Å². The summed E-state index contributed by atoms with van der Waals surface area (Å²) in [6, 6.07) is 31.6. The van der Waals surface area contributed by atoms with Crippen LogP contribution in [0.5, 0.6) is 0 Å². The van der Waals surface area contributed by atoms with Crippen LogP contribution in [0.15, 0.2) is 108 Å². The minimum atomic E-state index is -3.83. The fourth-order valence-electron chi connectivity index (χ4n) is 5.68. The summed E-state index contributed by atoms with van der Waals surface area (Å²) < 4.78 is 28.2. The van der Waals surface area contributed by atoms with Crippen molar-refractivity contribution in [2.75, 3.05) is 26.2 Å². The molecule has 1 fully saturated rings. The summed E-state index contributed by atoms with van der Waals surface area (Å²) in [5.41, 5.74) is 1.66. The Balaban J connectivity index is 1.34. The summed E-state index contributed by atoms with van der Waals surface area (Å²) in [5, 5.41) is 1.96. The summed E-state index contributed by atoms with van der Waals surface area (Å²) in [6.45, 7) is 3.35. The number of hydrogen-bond donors (Lipinski definition) is 0. The van der Waals surface area contributed by atoms with Crippen molar-refractivity contribution in [1.82, 2.24) is 14.1 Å². The molecule has 1 aliphatic heterocycles. The van der Waals surface area contributed by atoms with Gasteiger partial charge in [-0.25, -0.2) is 8.42 Å². The second-order valence-corrected chi connectivity index (χ2v) is 12.6. The quantitative estimate of drug-likeness (QED) is 0.244. The SMILES string of the molecule is CCCN(CC(=O)N(Cc1ccccc1)C1CCN(C(=O)c2cccc3ccccc23)CC1)S(=O)(=O)c1ccccc1. The van der Waals surface area contributed by atoms with Gasteiger partial charge in [0.2, 0.25) is 15.9 Å². The molecule has 8 heteroatoms. The molecule has 42 heavy (non-hydrogen) atoms. The molecule has 0 unspecified atom stereocenters. The first kappa shape index (κ1) is 29.5. The number of sulfonamides is 1. The lowest BCUT2D eigenvalue weighted by molar-refractivity contribution is -0.135. The van der Waals surface area contributed by atoms with E-state index in [1.54, 1.807) is 30.3 Å². The van der Waals surface area contributed by atoms with Gasteiger partial charge in [0.25, 0.3) is 5.91 Å². The van der Waals surface area contributed by atoms with Gasteiger partial charge >= 0.3 is 0 Å². The number of carbonyl (C=O) groups excluding carboxylic acids is 2. The molecule has 0 spiro atoms. The van der Waals surface area contributed by atoms with Gasteiger partial charge in [-0.3, -0.25) is 9.59 Å². The predicted molar refractivity (Wildman–Crippen MR) is 165 cm³/mol. The smallest absolute Gasteiger partial charge is 0.254 e. The zero-order valence-electron chi connectivity index (χ0n) is 23.9. The normalized spacial score (nSPS) is 14.3. The molecule has 1 aliphatic rings. The number of benzene rings is 4. The van der Waals surface area contributed by atoms with Gasteiger partial charge in [-0.1, -0.05) is 91.9 Å².